The summed E-state index contributed by atoms with van der Waals surface area (Å²) in [6.07, 6.45) is 0. The molecule has 25 heavy (non-hydrogen) atoms. The Bertz CT molecular complexity index is 704. The van der Waals surface area contributed by atoms with Gasteiger partial charge in [0.05, 0.1) is 9.79 Å². The number of nitrogens with zero attached hydrogens (tertiary/aromatic N) is 2. The third-order valence-corrected chi connectivity index (χ3v) is 4.93. The van der Waals surface area contributed by atoms with Gasteiger partial charge in [-0.1, -0.05) is 35.0 Å². The first-order chi connectivity index (χ1) is 11.7. The van der Waals surface area contributed by atoms with E-state index in [1.165, 1.54) is 11.8 Å². The van der Waals surface area contributed by atoms with Crippen molar-refractivity contribution in [1.29, 1.82) is 0 Å². The molecule has 0 radical (unpaired) electrons. The lowest BCUT2D eigenvalue weighted by Crippen LogP contribution is -2.11. The zero-order valence-electron chi connectivity index (χ0n) is 14.7. The Morgan fingerprint density at radius 3 is 1.44 bits per heavy atom. The zero-order chi connectivity index (χ0) is 18.7. The first kappa shape index (κ1) is 20.2. The second kappa shape index (κ2) is 8.52. The molecule has 0 heterocycles. The molecular weight excluding hydrogens is 379 g/mol. The molecule has 0 atom stereocenters. The first-order valence-electron chi connectivity index (χ1n) is 7.67. The highest BCUT2D eigenvalue weighted by molar-refractivity contribution is 7.99. The highest BCUT2D eigenvalue weighted by Gasteiger charge is 2.16. The number of halogens is 2. The molecule has 0 saturated carbocycles. The molecular formula is C18H22Cl2N2O2S. The van der Waals surface area contributed by atoms with Crippen molar-refractivity contribution in [2.45, 2.75) is 22.9 Å². The van der Waals surface area contributed by atoms with E-state index in [1.54, 1.807) is 24.3 Å². The molecule has 0 unspecified atom stereocenters. The van der Waals surface area contributed by atoms with Gasteiger partial charge in [-0.2, -0.15) is 0 Å². The van der Waals surface area contributed by atoms with E-state index in [9.17, 15) is 10.2 Å². The van der Waals surface area contributed by atoms with Crippen LogP contribution >= 0.6 is 35.0 Å². The smallest absolute Gasteiger partial charge is 0.134 e. The van der Waals surface area contributed by atoms with Crippen LogP contribution in [0.2, 0.25) is 10.0 Å². The van der Waals surface area contributed by atoms with Crippen molar-refractivity contribution in [3.05, 3.63) is 45.4 Å². The lowest BCUT2D eigenvalue weighted by Gasteiger charge is -2.17. The Kier molecular flexibility index (Phi) is 6.88. The van der Waals surface area contributed by atoms with Crippen molar-refractivity contribution < 1.29 is 10.2 Å². The summed E-state index contributed by atoms with van der Waals surface area (Å²) in [5.41, 5.74) is 1.46. The maximum Gasteiger partial charge on any atom is 0.134 e. The van der Waals surface area contributed by atoms with E-state index in [-0.39, 0.29) is 11.5 Å². The summed E-state index contributed by atoms with van der Waals surface area (Å²) in [6.45, 7) is 1.13. The molecule has 136 valence electrons. The van der Waals surface area contributed by atoms with Crippen LogP contribution in [0.3, 0.4) is 0 Å². The molecule has 0 saturated heterocycles. The summed E-state index contributed by atoms with van der Waals surface area (Å²) in [4.78, 5) is 5.06. The summed E-state index contributed by atoms with van der Waals surface area (Å²) in [5, 5.41) is 22.2. The van der Waals surface area contributed by atoms with Crippen molar-refractivity contribution in [3.63, 3.8) is 0 Å². The van der Waals surface area contributed by atoms with Gasteiger partial charge >= 0.3 is 0 Å². The van der Waals surface area contributed by atoms with E-state index in [0.717, 1.165) is 11.1 Å². The minimum atomic E-state index is 0.164. The standard InChI is InChI=1S/C18H22Cl2N2O2S/c1-21(2)9-11-5-13(19)7-15(17(11)23)25-16-8-14(20)6-12(18(16)24)10-22(3)4/h5-8,23-24H,9-10H2,1-4H3. The predicted molar refractivity (Wildman–Crippen MR) is 105 cm³/mol. The van der Waals surface area contributed by atoms with Gasteiger partial charge in [-0.15, -0.1) is 0 Å². The minimum Gasteiger partial charge on any atom is -0.506 e. The zero-order valence-corrected chi connectivity index (χ0v) is 17.0. The van der Waals surface area contributed by atoms with Gasteiger partial charge < -0.3 is 20.0 Å². The molecule has 0 aliphatic heterocycles. The van der Waals surface area contributed by atoms with E-state index in [0.29, 0.717) is 32.9 Å². The van der Waals surface area contributed by atoms with Gasteiger partial charge in [-0.05, 0) is 52.5 Å². The second-order valence-corrected chi connectivity index (χ2v) is 8.36. The third kappa shape index (κ3) is 5.43. The summed E-state index contributed by atoms with van der Waals surface area (Å²) in [5.74, 6) is 0.327. The number of aromatic hydroxyl groups is 2. The average molecular weight is 401 g/mol. The molecule has 7 heteroatoms. The minimum absolute atomic E-state index is 0.164. The van der Waals surface area contributed by atoms with Gasteiger partial charge in [-0.25, -0.2) is 0 Å². The van der Waals surface area contributed by atoms with Crippen LogP contribution in [-0.4, -0.2) is 48.2 Å². The van der Waals surface area contributed by atoms with E-state index < -0.39 is 0 Å². The van der Waals surface area contributed by atoms with Crippen molar-refractivity contribution in [2.75, 3.05) is 28.2 Å². The highest BCUT2D eigenvalue weighted by atomic mass is 35.5. The fourth-order valence-electron chi connectivity index (χ4n) is 2.45. The summed E-state index contributed by atoms with van der Waals surface area (Å²) in [7, 11) is 7.68. The lowest BCUT2D eigenvalue weighted by molar-refractivity contribution is 0.381. The van der Waals surface area contributed by atoms with Crippen molar-refractivity contribution in [2.24, 2.45) is 0 Å². The molecule has 0 aliphatic carbocycles. The largest absolute Gasteiger partial charge is 0.506 e. The number of phenolic OH excluding ortho intramolecular Hbond substituents is 2. The number of benzene rings is 2. The first-order valence-corrected chi connectivity index (χ1v) is 9.24. The molecule has 2 aromatic carbocycles. The number of phenols is 2. The summed E-state index contributed by atoms with van der Waals surface area (Å²) in [6, 6.07) is 6.87. The van der Waals surface area contributed by atoms with Crippen LogP contribution in [0, 0.1) is 0 Å². The van der Waals surface area contributed by atoms with Crippen LogP contribution in [-0.2, 0) is 13.1 Å². The molecule has 0 aromatic heterocycles. The monoisotopic (exact) mass is 400 g/mol. The van der Waals surface area contributed by atoms with E-state index in [4.69, 9.17) is 23.2 Å². The predicted octanol–water partition coefficient (Wildman–Crippen LogP) is 4.68. The van der Waals surface area contributed by atoms with Gasteiger partial charge in [-0.3, -0.25) is 0 Å². The van der Waals surface area contributed by atoms with Crippen LogP contribution in [0.15, 0.2) is 34.1 Å². The molecule has 0 bridgehead atoms. The second-order valence-electron chi connectivity index (χ2n) is 6.40. The topological polar surface area (TPSA) is 46.9 Å². The molecule has 0 amide bonds. The van der Waals surface area contributed by atoms with Crippen molar-refractivity contribution >= 4 is 35.0 Å². The molecule has 2 rings (SSSR count). The van der Waals surface area contributed by atoms with Crippen molar-refractivity contribution in [1.82, 2.24) is 9.80 Å². The Hall–Kier alpha value is -1.11. The molecule has 2 N–H and O–H groups in total. The fourth-order valence-corrected chi connectivity index (χ4v) is 4.13. The van der Waals surface area contributed by atoms with Gasteiger partial charge in [0.2, 0.25) is 0 Å². The van der Waals surface area contributed by atoms with Gasteiger partial charge in [0.15, 0.2) is 0 Å². The molecule has 0 fully saturated rings. The Balaban J connectivity index is 2.43. The van der Waals surface area contributed by atoms with Crippen LogP contribution < -0.4 is 0 Å². The summed E-state index contributed by atoms with van der Waals surface area (Å²) >= 11 is 13.7. The van der Waals surface area contributed by atoms with Gasteiger partial charge in [0.25, 0.3) is 0 Å². The molecule has 0 spiro atoms. The van der Waals surface area contributed by atoms with Crippen molar-refractivity contribution in [3.8, 4) is 11.5 Å². The average Bonchev–Trinajstić information content (AvgIpc) is 2.47. The Morgan fingerprint density at radius 2 is 1.12 bits per heavy atom. The van der Waals surface area contributed by atoms with Gasteiger partial charge in [0, 0.05) is 34.3 Å². The van der Waals surface area contributed by atoms with Gasteiger partial charge in [0.1, 0.15) is 11.5 Å². The van der Waals surface area contributed by atoms with Crippen LogP contribution in [0.1, 0.15) is 11.1 Å². The maximum atomic E-state index is 10.6. The maximum absolute atomic E-state index is 10.6. The SMILES string of the molecule is CN(C)Cc1cc(Cl)cc(Sc2cc(Cl)cc(CN(C)C)c2O)c1O. The molecule has 4 nitrogen and oxygen atoms in total. The van der Waals surface area contributed by atoms with Crippen LogP contribution in [0.5, 0.6) is 11.5 Å². The quantitative estimate of drug-likeness (QED) is 0.736. The highest BCUT2D eigenvalue weighted by Crippen LogP contribution is 2.44. The van der Waals surface area contributed by atoms with E-state index in [2.05, 4.69) is 0 Å². The van der Waals surface area contributed by atoms with E-state index >= 15 is 0 Å². The fraction of sp³-hybridized carbons (Fsp3) is 0.333. The molecule has 0 aliphatic rings. The third-order valence-electron chi connectivity index (χ3n) is 3.43. The summed E-state index contributed by atoms with van der Waals surface area (Å²) < 4.78 is 0. The van der Waals surface area contributed by atoms with Crippen LogP contribution in [0.4, 0.5) is 0 Å². The number of rotatable bonds is 6. The number of hydrogen-bond acceptors (Lipinski definition) is 5. The number of hydrogen-bond donors (Lipinski definition) is 2. The van der Waals surface area contributed by atoms with Crippen LogP contribution in [0.25, 0.3) is 0 Å². The molecule has 2 aromatic rings. The normalized spacial score (nSPS) is 11.5. The van der Waals surface area contributed by atoms with E-state index in [1.807, 2.05) is 38.0 Å². The Morgan fingerprint density at radius 1 is 0.760 bits per heavy atom. The lowest BCUT2D eigenvalue weighted by atomic mass is 10.2. The Labute approximate surface area is 163 Å².